The number of rotatable bonds is 3. The van der Waals surface area contributed by atoms with E-state index in [1.807, 2.05) is 0 Å². The minimum atomic E-state index is -0.308. The van der Waals surface area contributed by atoms with E-state index in [9.17, 15) is 14.4 Å². The van der Waals surface area contributed by atoms with E-state index in [1.165, 1.54) is 4.90 Å². The van der Waals surface area contributed by atoms with Crippen LogP contribution in [0.25, 0.3) is 0 Å². The molecule has 2 aromatic rings. The van der Waals surface area contributed by atoms with Crippen LogP contribution in [0.3, 0.4) is 0 Å². The highest BCUT2D eigenvalue weighted by Crippen LogP contribution is 2.53. The van der Waals surface area contributed by atoms with E-state index in [2.05, 4.69) is 17.5 Å². The first kappa shape index (κ1) is 17.2. The van der Waals surface area contributed by atoms with Gasteiger partial charge in [0.15, 0.2) is 0 Å². The predicted octanol–water partition coefficient (Wildman–Crippen LogP) is 3.90. The van der Waals surface area contributed by atoms with E-state index in [0.717, 1.165) is 6.42 Å². The number of benzene rings is 2. The number of fused-ring (bicyclic) bond motifs is 5. The van der Waals surface area contributed by atoms with Crippen molar-refractivity contribution in [2.45, 2.75) is 6.42 Å². The highest BCUT2D eigenvalue weighted by Gasteiger charge is 2.59. The maximum absolute atomic E-state index is 12.9. The minimum Gasteiger partial charge on any atom is -0.321 e. The van der Waals surface area contributed by atoms with Crippen LogP contribution in [0.5, 0.6) is 0 Å². The Bertz CT molecular complexity index is 1000. The number of halogens is 1. The Balaban J connectivity index is 1.36. The van der Waals surface area contributed by atoms with Gasteiger partial charge in [-0.25, -0.2) is 0 Å². The van der Waals surface area contributed by atoms with Crippen molar-refractivity contribution in [2.75, 3.05) is 10.2 Å². The van der Waals surface area contributed by atoms with E-state index in [-0.39, 0.29) is 41.4 Å². The maximum atomic E-state index is 12.9. The van der Waals surface area contributed by atoms with Gasteiger partial charge in [-0.2, -0.15) is 0 Å². The number of carbonyl (C=O) groups excluding carboxylic acids is 3. The topological polar surface area (TPSA) is 66.5 Å². The van der Waals surface area contributed by atoms with Gasteiger partial charge in [-0.05, 0) is 54.7 Å². The number of para-hydroxylation sites is 1. The molecule has 3 amide bonds. The summed E-state index contributed by atoms with van der Waals surface area (Å²) in [7, 11) is 0. The van der Waals surface area contributed by atoms with Crippen LogP contribution in [-0.4, -0.2) is 17.7 Å². The van der Waals surface area contributed by atoms with Crippen LogP contribution in [0.15, 0.2) is 60.7 Å². The highest BCUT2D eigenvalue weighted by atomic mass is 35.5. The number of hydrogen-bond acceptors (Lipinski definition) is 3. The molecule has 28 heavy (non-hydrogen) atoms. The van der Waals surface area contributed by atoms with Gasteiger partial charge in [-0.15, -0.1) is 0 Å². The van der Waals surface area contributed by atoms with Gasteiger partial charge in [-0.3, -0.25) is 19.3 Å². The van der Waals surface area contributed by atoms with Crippen molar-refractivity contribution in [2.24, 2.45) is 23.7 Å². The predicted molar refractivity (Wildman–Crippen MR) is 106 cm³/mol. The minimum absolute atomic E-state index is 0.125. The zero-order valence-corrected chi connectivity index (χ0v) is 15.6. The van der Waals surface area contributed by atoms with Crippen LogP contribution in [0.2, 0.25) is 5.02 Å². The second-order valence-corrected chi connectivity index (χ2v) is 7.90. The number of imide groups is 1. The Labute approximate surface area is 167 Å². The normalized spacial score (nSPS) is 27.4. The number of nitrogens with one attached hydrogen (secondary N) is 1. The Morgan fingerprint density at radius 2 is 1.54 bits per heavy atom. The number of carbonyl (C=O) groups is 3. The first-order chi connectivity index (χ1) is 13.5. The zero-order valence-electron chi connectivity index (χ0n) is 14.8. The SMILES string of the molecule is O=C(Nc1ccccc1Cl)c1ccc(N2C(=O)[C@@H]3[C@H](C2=O)[C@@H]2C=C[C@H]3C2)cc1. The fraction of sp³-hybridized carbons (Fsp3) is 0.227. The second-order valence-electron chi connectivity index (χ2n) is 7.49. The van der Waals surface area contributed by atoms with Crippen LogP contribution < -0.4 is 10.2 Å². The number of nitrogens with zero attached hydrogens (tertiary/aromatic N) is 1. The Kier molecular flexibility index (Phi) is 3.88. The molecule has 4 atom stereocenters. The molecule has 2 fully saturated rings. The molecule has 0 spiro atoms. The van der Waals surface area contributed by atoms with Crippen molar-refractivity contribution in [1.29, 1.82) is 0 Å². The summed E-state index contributed by atoms with van der Waals surface area (Å²) in [6, 6.07) is 13.5. The molecule has 1 aliphatic heterocycles. The summed E-state index contributed by atoms with van der Waals surface area (Å²) in [5.74, 6) is -0.663. The van der Waals surface area contributed by atoms with Gasteiger partial charge in [-0.1, -0.05) is 35.9 Å². The lowest BCUT2D eigenvalue weighted by Gasteiger charge is -2.17. The second kappa shape index (κ2) is 6.31. The lowest BCUT2D eigenvalue weighted by molar-refractivity contribution is -0.123. The monoisotopic (exact) mass is 392 g/mol. The molecular weight excluding hydrogens is 376 g/mol. The summed E-state index contributed by atoms with van der Waals surface area (Å²) in [4.78, 5) is 39.5. The van der Waals surface area contributed by atoms with Gasteiger partial charge in [0.25, 0.3) is 5.91 Å². The van der Waals surface area contributed by atoms with Crippen LogP contribution >= 0.6 is 11.6 Å². The van der Waals surface area contributed by atoms with E-state index in [0.29, 0.717) is 22.0 Å². The molecule has 1 saturated carbocycles. The van der Waals surface area contributed by atoms with Crippen LogP contribution in [0.4, 0.5) is 11.4 Å². The smallest absolute Gasteiger partial charge is 0.255 e. The lowest BCUT2D eigenvalue weighted by atomic mass is 9.85. The largest absolute Gasteiger partial charge is 0.321 e. The van der Waals surface area contributed by atoms with Gasteiger partial charge in [0.2, 0.25) is 11.8 Å². The fourth-order valence-electron chi connectivity index (χ4n) is 4.68. The molecule has 0 radical (unpaired) electrons. The molecule has 2 aliphatic carbocycles. The van der Waals surface area contributed by atoms with Crippen molar-refractivity contribution < 1.29 is 14.4 Å². The molecule has 3 aliphatic rings. The number of anilines is 2. The van der Waals surface area contributed by atoms with Gasteiger partial charge in [0.1, 0.15) is 0 Å². The van der Waals surface area contributed by atoms with E-state index in [1.54, 1.807) is 48.5 Å². The van der Waals surface area contributed by atoms with Crippen molar-refractivity contribution in [3.8, 4) is 0 Å². The first-order valence-electron chi connectivity index (χ1n) is 9.26. The summed E-state index contributed by atoms with van der Waals surface area (Å²) in [5.41, 5.74) is 1.46. The molecule has 1 N–H and O–H groups in total. The molecule has 1 saturated heterocycles. The van der Waals surface area contributed by atoms with Crippen molar-refractivity contribution in [3.63, 3.8) is 0 Å². The average molecular weight is 393 g/mol. The maximum Gasteiger partial charge on any atom is 0.255 e. The average Bonchev–Trinajstić information content (AvgIpc) is 3.38. The van der Waals surface area contributed by atoms with Gasteiger partial charge in [0.05, 0.1) is 28.2 Å². The summed E-state index contributed by atoms with van der Waals surface area (Å²) < 4.78 is 0. The molecule has 6 heteroatoms. The first-order valence-corrected chi connectivity index (χ1v) is 9.64. The molecule has 2 aromatic carbocycles. The standard InChI is InChI=1S/C22H17ClN2O3/c23-16-3-1-2-4-17(16)24-20(26)12-7-9-15(10-8-12)25-21(27)18-13-5-6-14(11-13)19(18)22(25)28/h1-10,13-14,18-19H,11H2,(H,24,26)/t13-,14+,18-,19+. The quantitative estimate of drug-likeness (QED) is 0.636. The zero-order chi connectivity index (χ0) is 19.4. The van der Waals surface area contributed by atoms with Crippen LogP contribution in [-0.2, 0) is 9.59 Å². The Hall–Kier alpha value is -2.92. The van der Waals surface area contributed by atoms with Crippen molar-refractivity contribution in [3.05, 3.63) is 71.3 Å². The summed E-state index contributed by atoms with van der Waals surface area (Å²) >= 11 is 6.07. The van der Waals surface area contributed by atoms with Crippen LogP contribution in [0, 0.1) is 23.7 Å². The number of amides is 3. The fourth-order valence-corrected chi connectivity index (χ4v) is 4.86. The molecule has 140 valence electrons. The van der Waals surface area contributed by atoms with Gasteiger partial charge < -0.3 is 5.32 Å². The van der Waals surface area contributed by atoms with Crippen molar-refractivity contribution >= 4 is 40.7 Å². The van der Waals surface area contributed by atoms with E-state index in [4.69, 9.17) is 11.6 Å². The Morgan fingerprint density at radius 3 is 2.14 bits per heavy atom. The summed E-state index contributed by atoms with van der Waals surface area (Å²) in [6.07, 6.45) is 5.05. The van der Waals surface area contributed by atoms with E-state index < -0.39 is 0 Å². The molecular formula is C22H17ClN2O3. The number of hydrogen-bond donors (Lipinski definition) is 1. The Morgan fingerprint density at radius 1 is 0.929 bits per heavy atom. The summed E-state index contributed by atoms with van der Waals surface area (Å²) in [6.45, 7) is 0. The molecule has 0 unspecified atom stereocenters. The third-order valence-corrected chi connectivity index (χ3v) is 6.31. The molecule has 0 aromatic heterocycles. The van der Waals surface area contributed by atoms with E-state index >= 15 is 0 Å². The molecule has 5 rings (SSSR count). The van der Waals surface area contributed by atoms with Gasteiger partial charge >= 0.3 is 0 Å². The third-order valence-electron chi connectivity index (χ3n) is 5.98. The van der Waals surface area contributed by atoms with Crippen molar-refractivity contribution in [1.82, 2.24) is 0 Å². The third kappa shape index (κ3) is 2.50. The molecule has 1 heterocycles. The summed E-state index contributed by atoms with van der Waals surface area (Å²) in [5, 5.41) is 3.21. The highest BCUT2D eigenvalue weighted by molar-refractivity contribution is 6.33. The lowest BCUT2D eigenvalue weighted by Crippen LogP contribution is -2.32. The van der Waals surface area contributed by atoms with Gasteiger partial charge in [0, 0.05) is 5.56 Å². The number of allylic oxidation sites excluding steroid dienone is 2. The molecule has 2 bridgehead atoms. The molecule has 5 nitrogen and oxygen atoms in total. The van der Waals surface area contributed by atoms with Crippen LogP contribution in [0.1, 0.15) is 16.8 Å².